The van der Waals surface area contributed by atoms with Crippen LogP contribution >= 0.6 is 0 Å². The predicted molar refractivity (Wildman–Crippen MR) is 104 cm³/mol. The second kappa shape index (κ2) is 7.99. The number of hydrogen-bond donors (Lipinski definition) is 2. The molecule has 0 atom stereocenters. The summed E-state index contributed by atoms with van der Waals surface area (Å²) in [5.41, 5.74) is 2.08. The lowest BCUT2D eigenvalue weighted by molar-refractivity contribution is 0.0953. The number of carbonyl (C=O) groups is 1. The van der Waals surface area contributed by atoms with Gasteiger partial charge in [-0.1, -0.05) is 23.4 Å². The zero-order chi connectivity index (χ0) is 20.3. The van der Waals surface area contributed by atoms with Crippen LogP contribution in [0.4, 0.5) is 0 Å². The zero-order valence-corrected chi connectivity index (χ0v) is 16.7. The Labute approximate surface area is 163 Å². The minimum Gasteiger partial charge on any atom is -0.360 e. The lowest BCUT2D eigenvalue weighted by Crippen LogP contribution is -2.34. The van der Waals surface area contributed by atoms with E-state index in [9.17, 15) is 13.2 Å². The van der Waals surface area contributed by atoms with E-state index in [2.05, 4.69) is 15.2 Å². The van der Waals surface area contributed by atoms with Crippen molar-refractivity contribution >= 4 is 15.9 Å². The fourth-order valence-corrected chi connectivity index (χ4v) is 4.00. The van der Waals surface area contributed by atoms with Gasteiger partial charge in [0.15, 0.2) is 5.82 Å². The molecule has 2 heterocycles. The topological polar surface area (TPSA) is 106 Å². The second-order valence-electron chi connectivity index (χ2n) is 6.38. The molecule has 2 aromatic heterocycles. The van der Waals surface area contributed by atoms with Gasteiger partial charge in [0.1, 0.15) is 5.76 Å². The van der Waals surface area contributed by atoms with Crippen LogP contribution in [0.15, 0.2) is 51.9 Å². The number of rotatable bonds is 7. The Kier molecular flexibility index (Phi) is 5.66. The quantitative estimate of drug-likeness (QED) is 0.589. The van der Waals surface area contributed by atoms with Gasteiger partial charge in [0.2, 0.25) is 10.0 Å². The molecule has 3 aromatic rings. The van der Waals surface area contributed by atoms with Gasteiger partial charge in [-0.15, -0.1) is 0 Å². The molecule has 0 fully saturated rings. The Bertz CT molecular complexity index is 1080. The van der Waals surface area contributed by atoms with Gasteiger partial charge in [-0.05, 0) is 39.0 Å². The summed E-state index contributed by atoms with van der Waals surface area (Å²) in [6.45, 7) is 5.75. The Morgan fingerprint density at radius 3 is 2.46 bits per heavy atom. The number of nitrogens with zero attached hydrogens (tertiary/aromatic N) is 2. The minimum absolute atomic E-state index is 0.0875. The highest BCUT2D eigenvalue weighted by atomic mass is 32.2. The van der Waals surface area contributed by atoms with Crippen molar-refractivity contribution in [3.05, 3.63) is 65.2 Å². The van der Waals surface area contributed by atoms with Crippen molar-refractivity contribution in [2.75, 3.05) is 13.1 Å². The first-order valence-corrected chi connectivity index (χ1v) is 10.2. The number of benzene rings is 1. The van der Waals surface area contributed by atoms with Gasteiger partial charge < -0.3 is 9.84 Å². The van der Waals surface area contributed by atoms with Crippen LogP contribution in [-0.2, 0) is 10.0 Å². The number of amides is 1. The molecule has 0 spiro atoms. The van der Waals surface area contributed by atoms with E-state index in [4.69, 9.17) is 4.52 Å². The smallest absolute Gasteiger partial charge is 0.253 e. The molecule has 3 rings (SSSR count). The first-order valence-electron chi connectivity index (χ1n) is 8.75. The van der Waals surface area contributed by atoms with Crippen LogP contribution in [0.5, 0.6) is 0 Å². The molecule has 1 aromatic carbocycles. The molecule has 0 aliphatic carbocycles. The number of aromatic nitrogens is 2. The Morgan fingerprint density at radius 1 is 1.11 bits per heavy atom. The van der Waals surface area contributed by atoms with Crippen LogP contribution in [0.25, 0.3) is 5.82 Å². The van der Waals surface area contributed by atoms with Crippen LogP contribution in [0, 0.1) is 20.8 Å². The fourth-order valence-electron chi connectivity index (χ4n) is 2.94. The predicted octanol–water partition coefficient (Wildman–Crippen LogP) is 2.10. The van der Waals surface area contributed by atoms with Gasteiger partial charge in [-0.25, -0.2) is 13.1 Å². The normalized spacial score (nSPS) is 11.5. The van der Waals surface area contributed by atoms with Gasteiger partial charge in [-0.3, -0.25) is 9.36 Å². The van der Waals surface area contributed by atoms with Gasteiger partial charge in [0.05, 0.1) is 10.5 Å². The van der Waals surface area contributed by atoms with Crippen molar-refractivity contribution in [2.24, 2.45) is 0 Å². The molecular formula is C19H22N4O4S. The number of carbonyl (C=O) groups excluding carboxylic acids is 1. The van der Waals surface area contributed by atoms with E-state index in [0.29, 0.717) is 17.1 Å². The molecular weight excluding hydrogens is 380 g/mol. The average Bonchev–Trinajstić information content (AvgIpc) is 3.21. The lowest BCUT2D eigenvalue weighted by atomic mass is 10.2. The van der Waals surface area contributed by atoms with Crippen molar-refractivity contribution in [3.8, 4) is 5.82 Å². The highest BCUT2D eigenvalue weighted by Gasteiger charge is 2.18. The SMILES string of the molecule is Cc1cc(-n2c(C)cc(C(=O)NCCNS(=O)(=O)c3ccccc3)c2C)no1. The van der Waals surface area contributed by atoms with E-state index in [1.54, 1.807) is 37.3 Å². The molecule has 0 bridgehead atoms. The van der Waals surface area contributed by atoms with Crippen molar-refractivity contribution in [2.45, 2.75) is 25.7 Å². The summed E-state index contributed by atoms with van der Waals surface area (Å²) in [4.78, 5) is 12.7. The molecule has 0 unspecified atom stereocenters. The van der Waals surface area contributed by atoms with Crippen LogP contribution in [0.2, 0.25) is 0 Å². The number of nitrogens with one attached hydrogen (secondary N) is 2. The maximum atomic E-state index is 12.5. The molecule has 2 N–H and O–H groups in total. The molecule has 0 saturated heterocycles. The summed E-state index contributed by atoms with van der Waals surface area (Å²) in [7, 11) is -3.59. The highest BCUT2D eigenvalue weighted by Crippen LogP contribution is 2.20. The first kappa shape index (κ1) is 19.8. The largest absolute Gasteiger partial charge is 0.360 e. The highest BCUT2D eigenvalue weighted by molar-refractivity contribution is 7.89. The van der Waals surface area contributed by atoms with E-state index >= 15 is 0 Å². The third-order valence-corrected chi connectivity index (χ3v) is 5.75. The maximum Gasteiger partial charge on any atom is 0.253 e. The number of sulfonamides is 1. The summed E-state index contributed by atoms with van der Waals surface area (Å²) in [5.74, 6) is 1.01. The fraction of sp³-hybridized carbons (Fsp3) is 0.263. The van der Waals surface area contributed by atoms with E-state index in [-0.39, 0.29) is 23.9 Å². The lowest BCUT2D eigenvalue weighted by Gasteiger charge is -2.08. The van der Waals surface area contributed by atoms with Crippen LogP contribution in [-0.4, -0.2) is 37.1 Å². The van der Waals surface area contributed by atoms with Crippen molar-refractivity contribution in [3.63, 3.8) is 0 Å². The van der Waals surface area contributed by atoms with Crippen LogP contribution in [0.1, 0.15) is 27.5 Å². The minimum atomic E-state index is -3.59. The first-order chi connectivity index (χ1) is 13.3. The summed E-state index contributed by atoms with van der Waals surface area (Å²) in [5, 5.41) is 6.73. The van der Waals surface area contributed by atoms with E-state index in [1.165, 1.54) is 12.1 Å². The van der Waals surface area contributed by atoms with Crippen molar-refractivity contribution in [1.82, 2.24) is 19.8 Å². The summed E-state index contributed by atoms with van der Waals surface area (Å²) in [6, 6.07) is 11.6. The molecule has 0 aliphatic heterocycles. The van der Waals surface area contributed by atoms with Gasteiger partial charge >= 0.3 is 0 Å². The molecule has 28 heavy (non-hydrogen) atoms. The molecule has 148 valence electrons. The maximum absolute atomic E-state index is 12.5. The average molecular weight is 402 g/mol. The monoisotopic (exact) mass is 402 g/mol. The number of aryl methyl sites for hydroxylation is 2. The summed E-state index contributed by atoms with van der Waals surface area (Å²) in [6.07, 6.45) is 0. The molecule has 0 aliphatic rings. The van der Waals surface area contributed by atoms with E-state index in [1.807, 2.05) is 18.4 Å². The molecule has 0 radical (unpaired) electrons. The number of hydrogen-bond acceptors (Lipinski definition) is 5. The zero-order valence-electron chi connectivity index (χ0n) is 15.9. The Morgan fingerprint density at radius 2 is 1.82 bits per heavy atom. The van der Waals surface area contributed by atoms with Crippen molar-refractivity contribution < 1.29 is 17.7 Å². The Balaban J connectivity index is 1.62. The van der Waals surface area contributed by atoms with Crippen LogP contribution < -0.4 is 10.0 Å². The summed E-state index contributed by atoms with van der Waals surface area (Å²) < 4.78 is 33.7. The molecule has 1 amide bonds. The van der Waals surface area contributed by atoms with Crippen molar-refractivity contribution in [1.29, 1.82) is 0 Å². The van der Waals surface area contributed by atoms with Crippen LogP contribution in [0.3, 0.4) is 0 Å². The third-order valence-electron chi connectivity index (χ3n) is 4.28. The summed E-state index contributed by atoms with van der Waals surface area (Å²) >= 11 is 0. The van der Waals surface area contributed by atoms with Gasteiger partial charge in [0.25, 0.3) is 5.91 Å². The second-order valence-corrected chi connectivity index (χ2v) is 8.15. The van der Waals surface area contributed by atoms with Gasteiger partial charge in [-0.2, -0.15) is 0 Å². The van der Waals surface area contributed by atoms with Gasteiger partial charge in [0, 0.05) is 30.5 Å². The third kappa shape index (κ3) is 4.15. The van der Waals surface area contributed by atoms with E-state index < -0.39 is 10.0 Å². The molecule has 8 nitrogen and oxygen atoms in total. The van der Waals surface area contributed by atoms with E-state index in [0.717, 1.165) is 11.4 Å². The molecule has 9 heteroatoms. The Hall–Kier alpha value is -2.91. The standard InChI is InChI=1S/C19H22N4O4S/c1-13-11-17(15(3)23(13)18-12-14(2)27-22-18)19(24)20-9-10-21-28(25,26)16-7-5-4-6-8-16/h4-8,11-12,21H,9-10H2,1-3H3,(H,20,24). The molecule has 0 saturated carbocycles.